The standard InChI is InChI=1S/C26H31N3O6/c1-3-19(21-10-9-15(2)35-21)28-22-18(24(32)25(22)33)12-27-20-8-4-7-17(23(20)31)26(34)29-11-5-6-16(13-29)14-30/h4,7-10,16,19,27-28,30-31H,3,5-6,11-14H2,1-2H3/t16?,19-/m1/s1. The Balaban J connectivity index is 1.48. The highest BCUT2D eigenvalue weighted by Gasteiger charge is 2.27. The van der Waals surface area contributed by atoms with E-state index in [9.17, 15) is 24.6 Å². The molecule has 0 saturated carbocycles. The van der Waals surface area contributed by atoms with Crippen molar-refractivity contribution >= 4 is 17.3 Å². The summed E-state index contributed by atoms with van der Waals surface area (Å²) in [6.45, 7) is 4.84. The lowest BCUT2D eigenvalue weighted by Gasteiger charge is -2.32. The summed E-state index contributed by atoms with van der Waals surface area (Å²) < 4.78 is 5.67. The molecule has 35 heavy (non-hydrogen) atoms. The minimum Gasteiger partial charge on any atom is -0.505 e. The lowest BCUT2D eigenvalue weighted by atomic mass is 9.98. The number of aliphatic hydroxyl groups is 1. The number of nitrogens with zero attached hydrogens (tertiary/aromatic N) is 1. The van der Waals surface area contributed by atoms with Crippen molar-refractivity contribution in [3.63, 3.8) is 0 Å². The van der Waals surface area contributed by atoms with Crippen molar-refractivity contribution in [3.8, 4) is 5.75 Å². The van der Waals surface area contributed by atoms with E-state index in [1.54, 1.807) is 23.1 Å². The van der Waals surface area contributed by atoms with Gasteiger partial charge in [0.1, 0.15) is 11.5 Å². The maximum absolute atomic E-state index is 13.0. The summed E-state index contributed by atoms with van der Waals surface area (Å²) in [5.74, 6) is 0.957. The number of amides is 1. The zero-order valence-electron chi connectivity index (χ0n) is 20.0. The van der Waals surface area contributed by atoms with Gasteiger partial charge in [-0.05, 0) is 56.4 Å². The Morgan fingerprint density at radius 2 is 2.03 bits per heavy atom. The van der Waals surface area contributed by atoms with Crippen LogP contribution >= 0.6 is 0 Å². The molecule has 0 aliphatic carbocycles. The first kappa shape index (κ1) is 24.5. The molecule has 2 heterocycles. The summed E-state index contributed by atoms with van der Waals surface area (Å²) in [6.07, 6.45) is 2.31. The van der Waals surface area contributed by atoms with Crippen LogP contribution in [-0.2, 0) is 6.54 Å². The summed E-state index contributed by atoms with van der Waals surface area (Å²) in [5, 5.41) is 26.3. The van der Waals surface area contributed by atoms with E-state index in [1.165, 1.54) is 0 Å². The summed E-state index contributed by atoms with van der Waals surface area (Å²) in [7, 11) is 0. The van der Waals surface area contributed by atoms with E-state index in [2.05, 4.69) is 10.6 Å². The van der Waals surface area contributed by atoms with Gasteiger partial charge in [0.05, 0.1) is 28.5 Å². The summed E-state index contributed by atoms with van der Waals surface area (Å²) in [6, 6.07) is 8.23. The number of likely N-dealkylation sites (tertiary alicyclic amines) is 1. The van der Waals surface area contributed by atoms with Crippen LogP contribution in [0.5, 0.6) is 5.75 Å². The monoisotopic (exact) mass is 481 g/mol. The number of phenols is 1. The van der Waals surface area contributed by atoms with Crippen molar-refractivity contribution < 1.29 is 19.4 Å². The van der Waals surface area contributed by atoms with E-state index >= 15 is 0 Å². The molecule has 1 amide bonds. The van der Waals surface area contributed by atoms with Gasteiger partial charge >= 0.3 is 0 Å². The maximum atomic E-state index is 13.0. The molecule has 4 N–H and O–H groups in total. The fourth-order valence-corrected chi connectivity index (χ4v) is 4.56. The van der Waals surface area contributed by atoms with Crippen LogP contribution < -0.4 is 21.5 Å². The maximum Gasteiger partial charge on any atom is 0.257 e. The van der Waals surface area contributed by atoms with Gasteiger partial charge in [-0.1, -0.05) is 13.0 Å². The molecule has 4 rings (SSSR count). The third-order valence-electron chi connectivity index (χ3n) is 6.63. The third kappa shape index (κ3) is 4.95. The number of nitrogens with one attached hydrogen (secondary N) is 2. The smallest absolute Gasteiger partial charge is 0.257 e. The van der Waals surface area contributed by atoms with Crippen molar-refractivity contribution in [1.82, 2.24) is 4.90 Å². The van der Waals surface area contributed by atoms with Gasteiger partial charge in [-0.3, -0.25) is 14.4 Å². The van der Waals surface area contributed by atoms with E-state index in [-0.39, 0.29) is 53.6 Å². The number of piperidine rings is 1. The lowest BCUT2D eigenvalue weighted by molar-refractivity contribution is 0.0618. The molecule has 2 atom stereocenters. The van der Waals surface area contributed by atoms with Crippen LogP contribution in [0.3, 0.4) is 0 Å². The average Bonchev–Trinajstić information content (AvgIpc) is 3.31. The van der Waals surface area contributed by atoms with Crippen LogP contribution in [0.15, 0.2) is 44.3 Å². The molecule has 9 heteroatoms. The van der Waals surface area contributed by atoms with Crippen molar-refractivity contribution in [3.05, 3.63) is 73.4 Å². The fourth-order valence-electron chi connectivity index (χ4n) is 4.56. The van der Waals surface area contributed by atoms with E-state index in [0.717, 1.165) is 18.6 Å². The molecule has 1 saturated heterocycles. The topological polar surface area (TPSA) is 132 Å². The number of aliphatic hydroxyl groups excluding tert-OH is 1. The molecular weight excluding hydrogens is 450 g/mol. The van der Waals surface area contributed by atoms with E-state index < -0.39 is 10.9 Å². The molecule has 186 valence electrons. The van der Waals surface area contributed by atoms with Crippen LogP contribution in [0.25, 0.3) is 0 Å². The minimum atomic E-state index is -0.583. The Morgan fingerprint density at radius 1 is 1.23 bits per heavy atom. The van der Waals surface area contributed by atoms with Crippen LogP contribution in [0.1, 0.15) is 59.7 Å². The number of hydrogen-bond acceptors (Lipinski definition) is 8. The van der Waals surface area contributed by atoms with Crippen molar-refractivity contribution in [1.29, 1.82) is 0 Å². The molecule has 0 spiro atoms. The second-order valence-electron chi connectivity index (χ2n) is 9.06. The molecule has 1 unspecified atom stereocenters. The van der Waals surface area contributed by atoms with Crippen molar-refractivity contribution in [2.45, 2.75) is 45.7 Å². The number of carbonyl (C=O) groups excluding carboxylic acids is 1. The van der Waals surface area contributed by atoms with Gasteiger partial charge in [-0.2, -0.15) is 0 Å². The van der Waals surface area contributed by atoms with Gasteiger partial charge < -0.3 is 30.2 Å². The van der Waals surface area contributed by atoms with E-state index in [1.807, 2.05) is 26.0 Å². The largest absolute Gasteiger partial charge is 0.505 e. The van der Waals surface area contributed by atoms with Crippen molar-refractivity contribution in [2.24, 2.45) is 5.92 Å². The highest BCUT2D eigenvalue weighted by Crippen LogP contribution is 2.31. The molecule has 1 aliphatic rings. The molecule has 0 bridgehead atoms. The van der Waals surface area contributed by atoms with Crippen LogP contribution in [0.2, 0.25) is 0 Å². The van der Waals surface area contributed by atoms with Gasteiger partial charge in [0.25, 0.3) is 5.91 Å². The highest BCUT2D eigenvalue weighted by atomic mass is 16.3. The zero-order chi connectivity index (χ0) is 25.1. The Labute approximate surface area is 203 Å². The molecule has 1 aromatic heterocycles. The number of rotatable bonds is 9. The van der Waals surface area contributed by atoms with Gasteiger partial charge in [-0.25, -0.2) is 0 Å². The third-order valence-corrected chi connectivity index (χ3v) is 6.63. The van der Waals surface area contributed by atoms with Gasteiger partial charge in [0.15, 0.2) is 5.75 Å². The molecule has 1 aliphatic heterocycles. The Morgan fingerprint density at radius 3 is 2.71 bits per heavy atom. The molecule has 0 radical (unpaired) electrons. The number of benzene rings is 1. The quantitative estimate of drug-likeness (QED) is 0.271. The molecule has 9 nitrogen and oxygen atoms in total. The number of aryl methyl sites for hydroxylation is 1. The molecular formula is C26H31N3O6. The molecule has 2 aromatic carbocycles. The molecule has 1 fully saturated rings. The summed E-state index contributed by atoms with van der Waals surface area (Å²) in [5.41, 5.74) is -0.204. The first-order chi connectivity index (χ1) is 16.8. The number of furan rings is 1. The minimum absolute atomic E-state index is 0.0159. The van der Waals surface area contributed by atoms with Crippen LogP contribution in [0, 0.1) is 12.8 Å². The van der Waals surface area contributed by atoms with E-state index in [4.69, 9.17) is 4.42 Å². The number of hydrogen-bond donors (Lipinski definition) is 4. The zero-order valence-corrected chi connectivity index (χ0v) is 20.0. The van der Waals surface area contributed by atoms with Crippen LogP contribution in [0.4, 0.5) is 11.4 Å². The van der Waals surface area contributed by atoms with Gasteiger partial charge in [0.2, 0.25) is 10.9 Å². The first-order valence-electron chi connectivity index (χ1n) is 11.9. The Bertz CT molecular complexity index is 1270. The Kier molecular flexibility index (Phi) is 7.25. The second kappa shape index (κ2) is 10.4. The predicted molar refractivity (Wildman–Crippen MR) is 133 cm³/mol. The van der Waals surface area contributed by atoms with Gasteiger partial charge in [-0.15, -0.1) is 0 Å². The Hall–Kier alpha value is -3.59. The summed E-state index contributed by atoms with van der Waals surface area (Å²) in [4.78, 5) is 39.2. The van der Waals surface area contributed by atoms with Crippen LogP contribution in [-0.4, -0.2) is 40.7 Å². The lowest BCUT2D eigenvalue weighted by Crippen LogP contribution is -2.41. The van der Waals surface area contributed by atoms with E-state index in [0.29, 0.717) is 31.0 Å². The highest BCUT2D eigenvalue weighted by molar-refractivity contribution is 5.98. The SMILES string of the molecule is CC[C@@H](Nc1c(CNc2cccc(C(=O)N3CCCC(CO)C3)c2O)c(=O)c1=O)c1ccc(C)o1. The number of para-hydroxylation sites is 1. The average molecular weight is 482 g/mol. The number of carbonyl (C=O) groups is 1. The predicted octanol–water partition coefficient (Wildman–Crippen LogP) is 2.91. The number of anilines is 2. The second-order valence-corrected chi connectivity index (χ2v) is 9.06. The number of phenolic OH excluding ortho intramolecular Hbond substituents is 1. The number of aromatic hydroxyl groups is 1. The molecule has 3 aromatic rings. The van der Waals surface area contributed by atoms with Crippen molar-refractivity contribution in [2.75, 3.05) is 30.3 Å². The van der Waals surface area contributed by atoms with Gasteiger partial charge in [0, 0.05) is 26.2 Å². The fraction of sp³-hybridized carbons (Fsp3) is 0.423. The first-order valence-corrected chi connectivity index (χ1v) is 11.9. The summed E-state index contributed by atoms with van der Waals surface area (Å²) >= 11 is 0. The normalized spacial score (nSPS) is 16.9.